The van der Waals surface area contributed by atoms with Crippen molar-refractivity contribution in [2.24, 2.45) is 5.10 Å². The molecule has 0 atom stereocenters. The summed E-state index contributed by atoms with van der Waals surface area (Å²) in [6.45, 7) is 7.42. The maximum Gasteiger partial charge on any atom is 0.272 e. The Morgan fingerprint density at radius 1 is 1.08 bits per heavy atom. The minimum atomic E-state index is -0.473. The zero-order valence-electron chi connectivity index (χ0n) is 14.1. The molecular weight excluding hydrogens is 306 g/mol. The van der Waals surface area contributed by atoms with E-state index in [2.05, 4.69) is 16.6 Å². The monoisotopic (exact) mass is 325 g/mol. The van der Waals surface area contributed by atoms with E-state index in [1.807, 2.05) is 32.9 Å². The highest BCUT2D eigenvalue weighted by Gasteiger charge is 2.13. The average Bonchev–Trinajstić information content (AvgIpc) is 2.51. The summed E-state index contributed by atoms with van der Waals surface area (Å²) in [5.41, 5.74) is 7.14. The van der Waals surface area contributed by atoms with E-state index in [0.717, 1.165) is 16.7 Å². The summed E-state index contributed by atoms with van der Waals surface area (Å²) in [4.78, 5) is 22.5. The van der Waals surface area contributed by atoms with E-state index in [1.165, 1.54) is 18.2 Å². The molecular formula is C18H19N3O3. The van der Waals surface area contributed by atoms with Crippen LogP contribution in [0.15, 0.2) is 41.5 Å². The molecule has 6 nitrogen and oxygen atoms in total. The van der Waals surface area contributed by atoms with Crippen LogP contribution in [0.5, 0.6) is 0 Å². The number of amides is 1. The highest BCUT2D eigenvalue weighted by molar-refractivity contribution is 6.01. The number of hydrogen-bond donors (Lipinski definition) is 1. The molecule has 0 aliphatic heterocycles. The first-order valence-corrected chi connectivity index (χ1v) is 7.47. The van der Waals surface area contributed by atoms with Gasteiger partial charge in [0.25, 0.3) is 11.6 Å². The Labute approximate surface area is 140 Å². The van der Waals surface area contributed by atoms with Gasteiger partial charge in [0.2, 0.25) is 0 Å². The number of carbonyl (C=O) groups is 1. The van der Waals surface area contributed by atoms with Gasteiger partial charge in [-0.2, -0.15) is 5.10 Å². The van der Waals surface area contributed by atoms with Crippen molar-refractivity contribution in [1.82, 2.24) is 5.43 Å². The van der Waals surface area contributed by atoms with Crippen LogP contribution >= 0.6 is 0 Å². The number of rotatable bonds is 4. The first kappa shape index (κ1) is 17.3. The summed E-state index contributed by atoms with van der Waals surface area (Å²) >= 11 is 0. The molecule has 0 saturated heterocycles. The molecule has 2 aromatic carbocycles. The Morgan fingerprint density at radius 2 is 1.79 bits per heavy atom. The highest BCUT2D eigenvalue weighted by atomic mass is 16.6. The number of nitrogens with one attached hydrogen (secondary N) is 1. The second kappa shape index (κ2) is 7.04. The molecule has 0 heterocycles. The lowest BCUT2D eigenvalue weighted by Gasteiger charge is -2.07. The number of nitro groups is 1. The molecule has 2 rings (SSSR count). The number of hydrazone groups is 1. The predicted molar refractivity (Wildman–Crippen MR) is 93.4 cm³/mol. The smallest absolute Gasteiger partial charge is 0.267 e. The normalized spacial score (nSPS) is 11.2. The fourth-order valence-corrected chi connectivity index (χ4v) is 2.48. The summed E-state index contributed by atoms with van der Waals surface area (Å²) in [5, 5.41) is 14.9. The number of benzene rings is 2. The van der Waals surface area contributed by atoms with Crippen LogP contribution in [0, 0.1) is 30.9 Å². The molecule has 6 heteroatoms. The van der Waals surface area contributed by atoms with Crippen LogP contribution < -0.4 is 5.43 Å². The molecule has 0 saturated carbocycles. The van der Waals surface area contributed by atoms with Gasteiger partial charge >= 0.3 is 0 Å². The quantitative estimate of drug-likeness (QED) is 0.529. The Hall–Kier alpha value is -3.02. The molecule has 0 aliphatic rings. The molecule has 0 bridgehead atoms. The van der Waals surface area contributed by atoms with Crippen LogP contribution in [0.1, 0.15) is 39.5 Å². The molecule has 1 N–H and O–H groups in total. The van der Waals surface area contributed by atoms with Crippen LogP contribution in [0.25, 0.3) is 0 Å². The topological polar surface area (TPSA) is 84.6 Å². The van der Waals surface area contributed by atoms with E-state index in [9.17, 15) is 14.9 Å². The van der Waals surface area contributed by atoms with Crippen molar-refractivity contribution in [2.45, 2.75) is 27.7 Å². The first-order valence-electron chi connectivity index (χ1n) is 7.47. The van der Waals surface area contributed by atoms with Crippen molar-refractivity contribution < 1.29 is 9.72 Å². The zero-order valence-corrected chi connectivity index (χ0v) is 14.1. The van der Waals surface area contributed by atoms with E-state index in [-0.39, 0.29) is 5.69 Å². The molecule has 0 spiro atoms. The molecule has 0 unspecified atom stereocenters. The van der Waals surface area contributed by atoms with Gasteiger partial charge in [-0.05, 0) is 45.4 Å². The Balaban J connectivity index is 2.17. The average molecular weight is 325 g/mol. The van der Waals surface area contributed by atoms with E-state index >= 15 is 0 Å². The molecule has 0 radical (unpaired) electrons. The van der Waals surface area contributed by atoms with Crippen LogP contribution in [-0.4, -0.2) is 16.5 Å². The van der Waals surface area contributed by atoms with Crippen LogP contribution in [0.4, 0.5) is 5.69 Å². The second-order valence-electron chi connectivity index (χ2n) is 5.71. The van der Waals surface area contributed by atoms with Gasteiger partial charge in [-0.15, -0.1) is 0 Å². The Bertz CT molecular complexity index is 841. The number of aryl methyl sites for hydroxylation is 3. The number of nitrogens with zero attached hydrogens (tertiary/aromatic N) is 2. The van der Waals surface area contributed by atoms with Crippen LogP contribution in [0.2, 0.25) is 0 Å². The van der Waals surface area contributed by atoms with Crippen LogP contribution in [0.3, 0.4) is 0 Å². The third-order valence-electron chi connectivity index (χ3n) is 3.75. The molecule has 0 fully saturated rings. The van der Waals surface area contributed by atoms with Crippen molar-refractivity contribution >= 4 is 17.3 Å². The minimum Gasteiger partial charge on any atom is -0.267 e. The van der Waals surface area contributed by atoms with Crippen molar-refractivity contribution in [1.29, 1.82) is 0 Å². The summed E-state index contributed by atoms with van der Waals surface area (Å²) in [5.74, 6) is -0.405. The SMILES string of the molecule is CC(=NNC(=O)c1ccc([N+](=O)[O-])c(C)c1)c1ccc(C)cc1C. The summed E-state index contributed by atoms with van der Waals surface area (Å²) in [6, 6.07) is 10.2. The lowest BCUT2D eigenvalue weighted by molar-refractivity contribution is -0.385. The third-order valence-corrected chi connectivity index (χ3v) is 3.75. The fraction of sp³-hybridized carbons (Fsp3) is 0.222. The molecule has 1 amide bonds. The number of hydrogen-bond acceptors (Lipinski definition) is 4. The van der Waals surface area contributed by atoms with Crippen LogP contribution in [-0.2, 0) is 0 Å². The summed E-state index contributed by atoms with van der Waals surface area (Å²) in [6.07, 6.45) is 0. The Morgan fingerprint density at radius 3 is 2.38 bits per heavy atom. The van der Waals surface area contributed by atoms with Gasteiger partial charge in [0.15, 0.2) is 0 Å². The van der Waals surface area contributed by atoms with E-state index in [0.29, 0.717) is 16.8 Å². The zero-order chi connectivity index (χ0) is 17.9. The maximum atomic E-state index is 12.2. The van der Waals surface area contributed by atoms with Crippen molar-refractivity contribution in [3.63, 3.8) is 0 Å². The third kappa shape index (κ3) is 3.84. The fourth-order valence-electron chi connectivity index (χ4n) is 2.48. The maximum absolute atomic E-state index is 12.2. The van der Waals surface area contributed by atoms with Gasteiger partial charge in [0, 0.05) is 22.8 Å². The van der Waals surface area contributed by atoms with Gasteiger partial charge < -0.3 is 0 Å². The van der Waals surface area contributed by atoms with Gasteiger partial charge in [0.05, 0.1) is 10.6 Å². The molecule has 0 aromatic heterocycles. The molecule has 24 heavy (non-hydrogen) atoms. The van der Waals surface area contributed by atoms with E-state index < -0.39 is 10.8 Å². The molecule has 0 aliphatic carbocycles. The lowest BCUT2D eigenvalue weighted by atomic mass is 10.0. The van der Waals surface area contributed by atoms with Gasteiger partial charge in [-0.1, -0.05) is 23.8 Å². The minimum absolute atomic E-state index is 0.0125. The number of nitro benzene ring substituents is 1. The largest absolute Gasteiger partial charge is 0.272 e. The van der Waals surface area contributed by atoms with E-state index in [1.54, 1.807) is 6.92 Å². The first-order chi connectivity index (χ1) is 11.3. The van der Waals surface area contributed by atoms with Crippen molar-refractivity contribution in [2.75, 3.05) is 0 Å². The lowest BCUT2D eigenvalue weighted by Crippen LogP contribution is -2.19. The Kier molecular flexibility index (Phi) is 5.08. The summed E-state index contributed by atoms with van der Waals surface area (Å²) in [7, 11) is 0. The van der Waals surface area contributed by atoms with Gasteiger partial charge in [-0.25, -0.2) is 5.43 Å². The van der Waals surface area contributed by atoms with E-state index in [4.69, 9.17) is 0 Å². The molecule has 2 aromatic rings. The second-order valence-corrected chi connectivity index (χ2v) is 5.71. The summed E-state index contributed by atoms with van der Waals surface area (Å²) < 4.78 is 0. The number of carbonyl (C=O) groups excluding carboxylic acids is 1. The van der Waals surface area contributed by atoms with Crippen molar-refractivity contribution in [3.8, 4) is 0 Å². The predicted octanol–water partition coefficient (Wildman–Crippen LogP) is 3.67. The van der Waals surface area contributed by atoms with Gasteiger partial charge in [-0.3, -0.25) is 14.9 Å². The van der Waals surface area contributed by atoms with Crippen molar-refractivity contribution in [3.05, 3.63) is 74.3 Å². The highest BCUT2D eigenvalue weighted by Crippen LogP contribution is 2.18. The standard InChI is InChI=1S/C18H19N3O3/c1-11-5-7-16(12(2)9-11)14(4)19-20-18(22)15-6-8-17(21(23)24)13(3)10-15/h5-10H,1-4H3,(H,20,22). The molecule has 124 valence electrons. The van der Waals surface area contributed by atoms with Gasteiger partial charge in [0.1, 0.15) is 0 Å².